The normalized spacial score (nSPS) is 12.4. The Balaban J connectivity index is -0.000000720. The van der Waals surface area contributed by atoms with Crippen molar-refractivity contribution in [2.45, 2.75) is 64.5 Å². The Bertz CT molecular complexity index is 171. The maximum absolute atomic E-state index is 6.09. The van der Waals surface area contributed by atoms with Crippen molar-refractivity contribution in [3.8, 4) is 0 Å². The van der Waals surface area contributed by atoms with Crippen LogP contribution in [0.15, 0.2) is 0 Å². The van der Waals surface area contributed by atoms with Gasteiger partial charge in [-0.1, -0.05) is 26.9 Å². The summed E-state index contributed by atoms with van der Waals surface area (Å²) in [5, 5.41) is 0.333. The summed E-state index contributed by atoms with van der Waals surface area (Å²) in [6.45, 7) is 18.3. The smallest absolute Gasteiger partial charge is 0.205 e. The molecule has 0 saturated carbocycles. The number of hydrogen-bond donors (Lipinski definition) is 0. The SMILES string of the molecule is C[Si](C)OC(C)(C)C(C)(C)[Si](C)C.[Y].[Y]. The molecule has 0 aromatic heterocycles. The molecule has 84 valence electrons. The molecular weight excluding hydrogens is 370 g/mol. The van der Waals surface area contributed by atoms with Gasteiger partial charge < -0.3 is 4.43 Å². The molecule has 1 nitrogen and oxygen atoms in total. The van der Waals surface area contributed by atoms with E-state index in [1.165, 1.54) is 0 Å². The molecule has 5 heteroatoms. The average molecular weight is 394 g/mol. The fourth-order valence-electron chi connectivity index (χ4n) is 1.24. The van der Waals surface area contributed by atoms with Crippen molar-refractivity contribution >= 4 is 17.8 Å². The van der Waals surface area contributed by atoms with E-state index in [1.807, 2.05) is 0 Å². The third-order valence-electron chi connectivity index (χ3n) is 3.21. The number of rotatable bonds is 4. The van der Waals surface area contributed by atoms with Crippen LogP contribution in [0.25, 0.3) is 0 Å². The molecular formula is C10H24OSi2Y2. The van der Waals surface area contributed by atoms with Crippen molar-refractivity contribution in [1.82, 2.24) is 0 Å². The van der Waals surface area contributed by atoms with E-state index in [2.05, 4.69) is 53.9 Å². The Morgan fingerprint density at radius 2 is 1.13 bits per heavy atom. The van der Waals surface area contributed by atoms with Gasteiger partial charge in [0.2, 0.25) is 9.04 Å². The molecule has 0 unspecified atom stereocenters. The Morgan fingerprint density at radius 3 is 1.33 bits per heavy atom. The maximum Gasteiger partial charge on any atom is 0.205 e. The number of hydrogen-bond acceptors (Lipinski definition) is 1. The van der Waals surface area contributed by atoms with Crippen LogP contribution in [0.5, 0.6) is 0 Å². The van der Waals surface area contributed by atoms with Gasteiger partial charge in [-0.25, -0.2) is 0 Å². The van der Waals surface area contributed by atoms with Crippen LogP contribution in [-0.2, 0) is 69.8 Å². The first-order valence-corrected chi connectivity index (χ1v) is 9.82. The quantitative estimate of drug-likeness (QED) is 0.663. The van der Waals surface area contributed by atoms with Crippen molar-refractivity contribution in [3.05, 3.63) is 0 Å². The van der Waals surface area contributed by atoms with Crippen molar-refractivity contribution in [3.63, 3.8) is 0 Å². The van der Waals surface area contributed by atoms with Gasteiger partial charge >= 0.3 is 0 Å². The Kier molecular flexibility index (Phi) is 13.1. The molecule has 0 aromatic carbocycles. The first-order valence-electron chi connectivity index (χ1n) is 4.91. The van der Waals surface area contributed by atoms with E-state index in [0.29, 0.717) is 5.04 Å². The topological polar surface area (TPSA) is 9.23 Å². The van der Waals surface area contributed by atoms with Crippen LogP contribution < -0.4 is 0 Å². The van der Waals surface area contributed by atoms with E-state index in [9.17, 15) is 0 Å². The largest absolute Gasteiger partial charge is 0.412 e. The molecule has 0 atom stereocenters. The van der Waals surface area contributed by atoms with Crippen LogP contribution in [-0.4, -0.2) is 23.4 Å². The predicted molar refractivity (Wildman–Crippen MR) is 64.2 cm³/mol. The molecule has 0 saturated heterocycles. The van der Waals surface area contributed by atoms with Crippen molar-refractivity contribution in [2.24, 2.45) is 0 Å². The predicted octanol–water partition coefficient (Wildman–Crippen LogP) is 3.56. The van der Waals surface area contributed by atoms with Gasteiger partial charge in [-0.2, -0.15) is 0 Å². The zero-order valence-corrected chi connectivity index (χ0v) is 19.2. The van der Waals surface area contributed by atoms with E-state index in [0.717, 1.165) is 0 Å². The zero-order chi connectivity index (χ0) is 10.9. The third-order valence-corrected chi connectivity index (χ3v) is 7.24. The Hall–Kier alpha value is 2.60. The second kappa shape index (κ2) is 8.66. The van der Waals surface area contributed by atoms with E-state index in [1.54, 1.807) is 0 Å². The molecule has 0 amide bonds. The third kappa shape index (κ3) is 6.93. The molecule has 0 aliphatic rings. The fourth-order valence-corrected chi connectivity index (χ4v) is 3.87. The second-order valence-corrected chi connectivity index (χ2v) is 10.4. The molecule has 0 aliphatic carbocycles. The molecule has 0 N–H and O–H groups in total. The summed E-state index contributed by atoms with van der Waals surface area (Å²) >= 11 is 0. The van der Waals surface area contributed by atoms with E-state index in [-0.39, 0.29) is 79.8 Å². The van der Waals surface area contributed by atoms with Crippen LogP contribution in [0.2, 0.25) is 31.2 Å². The molecule has 0 heterocycles. The van der Waals surface area contributed by atoms with Gasteiger partial charge in [-0.15, -0.1) is 0 Å². The van der Waals surface area contributed by atoms with Gasteiger partial charge in [-0.05, 0) is 32.0 Å². The molecule has 0 aromatic rings. The summed E-state index contributed by atoms with van der Waals surface area (Å²) in [4.78, 5) is 0. The summed E-state index contributed by atoms with van der Waals surface area (Å²) in [5.74, 6) is 0. The zero-order valence-electron chi connectivity index (χ0n) is 11.6. The summed E-state index contributed by atoms with van der Waals surface area (Å²) in [7, 11) is -0.912. The fraction of sp³-hybridized carbons (Fsp3) is 1.00. The monoisotopic (exact) mass is 394 g/mol. The van der Waals surface area contributed by atoms with E-state index < -0.39 is 9.04 Å². The average Bonchev–Trinajstić information content (AvgIpc) is 1.83. The maximum atomic E-state index is 6.09. The Labute approximate surface area is 150 Å². The molecule has 0 rings (SSSR count). The molecule has 0 aliphatic heterocycles. The summed E-state index contributed by atoms with van der Waals surface area (Å²) < 4.78 is 6.09. The van der Waals surface area contributed by atoms with Crippen molar-refractivity contribution < 1.29 is 69.8 Å². The first kappa shape index (κ1) is 22.8. The second-order valence-electron chi connectivity index (χ2n) is 5.15. The minimum absolute atomic E-state index is 0. The standard InChI is InChI=1S/C10H24OSi2.2Y/c1-9(2,11-13(7)8)10(3,4)12(5)6;;/h1-8H3;;. The van der Waals surface area contributed by atoms with Crippen molar-refractivity contribution in [1.29, 1.82) is 0 Å². The van der Waals surface area contributed by atoms with Gasteiger partial charge in [0.15, 0.2) is 0 Å². The van der Waals surface area contributed by atoms with Crippen LogP contribution >= 0.6 is 0 Å². The minimum Gasteiger partial charge on any atom is -0.412 e. The minimum atomic E-state index is -0.591. The van der Waals surface area contributed by atoms with Crippen molar-refractivity contribution in [2.75, 3.05) is 0 Å². The summed E-state index contributed by atoms with van der Waals surface area (Å²) in [6.07, 6.45) is 0. The van der Waals surface area contributed by atoms with Crippen LogP contribution in [0, 0.1) is 0 Å². The van der Waals surface area contributed by atoms with Gasteiger partial charge in [0.05, 0.1) is 14.4 Å². The summed E-state index contributed by atoms with van der Waals surface area (Å²) in [5.41, 5.74) is 0.0303. The van der Waals surface area contributed by atoms with Gasteiger partial charge in [0.1, 0.15) is 0 Å². The molecule has 4 radical (unpaired) electrons. The van der Waals surface area contributed by atoms with E-state index >= 15 is 0 Å². The Morgan fingerprint density at radius 1 is 0.800 bits per heavy atom. The van der Waals surface area contributed by atoms with Gasteiger partial charge in [-0.3, -0.25) is 0 Å². The van der Waals surface area contributed by atoms with E-state index in [4.69, 9.17) is 4.43 Å². The molecule has 0 spiro atoms. The van der Waals surface area contributed by atoms with Gasteiger partial charge in [0.25, 0.3) is 0 Å². The molecule has 0 fully saturated rings. The van der Waals surface area contributed by atoms with Gasteiger partial charge in [0, 0.05) is 65.4 Å². The summed E-state index contributed by atoms with van der Waals surface area (Å²) in [6, 6.07) is 0. The van der Waals surface area contributed by atoms with Crippen LogP contribution in [0.1, 0.15) is 27.7 Å². The van der Waals surface area contributed by atoms with Crippen LogP contribution in [0.3, 0.4) is 0 Å². The molecule has 15 heavy (non-hydrogen) atoms. The molecule has 0 bridgehead atoms. The first-order chi connectivity index (χ1) is 5.61. The van der Waals surface area contributed by atoms with Crippen LogP contribution in [0.4, 0.5) is 0 Å².